The first kappa shape index (κ1) is 12.9. The highest BCUT2D eigenvalue weighted by atomic mass is 16.6. The van der Waals surface area contributed by atoms with Crippen molar-refractivity contribution in [3.8, 4) is 5.75 Å². The fourth-order valence-corrected chi connectivity index (χ4v) is 2.21. The maximum absolute atomic E-state index is 9.87. The van der Waals surface area contributed by atoms with Gasteiger partial charge in [-0.1, -0.05) is 0 Å². The van der Waals surface area contributed by atoms with E-state index in [1.807, 2.05) is 24.4 Å². The normalized spacial score (nSPS) is 13.2. The predicted octanol–water partition coefficient (Wildman–Crippen LogP) is 2.87. The molecule has 1 unspecified atom stereocenters. The molecule has 1 N–H and O–H groups in total. The van der Waals surface area contributed by atoms with Gasteiger partial charge in [-0.15, -0.1) is 0 Å². The summed E-state index contributed by atoms with van der Waals surface area (Å²) in [4.78, 5) is 0. The molecule has 4 nitrogen and oxygen atoms in total. The van der Waals surface area contributed by atoms with E-state index in [0.717, 1.165) is 22.2 Å². The van der Waals surface area contributed by atoms with Crippen molar-refractivity contribution in [1.82, 2.24) is 4.57 Å². The number of hydrogen-bond donors (Lipinski definition) is 1. The third kappa shape index (κ3) is 1.98. The van der Waals surface area contributed by atoms with Gasteiger partial charge in [0.25, 0.3) is 0 Å². The third-order valence-corrected chi connectivity index (χ3v) is 3.14. The van der Waals surface area contributed by atoms with Crippen LogP contribution in [0.1, 0.15) is 31.7 Å². The number of nitrogens with zero attached hydrogens (tertiary/aromatic N) is 1. The lowest BCUT2D eigenvalue weighted by Gasteiger charge is -2.15. The molecule has 0 spiro atoms. The summed E-state index contributed by atoms with van der Waals surface area (Å²) >= 11 is 0. The molecular formula is C14H19NO3. The van der Waals surface area contributed by atoms with Crippen molar-refractivity contribution in [1.29, 1.82) is 0 Å². The maximum atomic E-state index is 9.87. The van der Waals surface area contributed by atoms with Gasteiger partial charge in [0.05, 0.1) is 12.6 Å². The van der Waals surface area contributed by atoms with Crippen LogP contribution in [-0.4, -0.2) is 23.9 Å². The summed E-state index contributed by atoms with van der Waals surface area (Å²) in [6, 6.07) is 6.00. The molecule has 0 radical (unpaired) electrons. The molecule has 0 fully saturated rings. The number of aromatic nitrogens is 1. The van der Waals surface area contributed by atoms with E-state index in [9.17, 15) is 5.11 Å². The monoisotopic (exact) mass is 249 g/mol. The molecule has 0 aliphatic carbocycles. The molecule has 0 saturated heterocycles. The van der Waals surface area contributed by atoms with E-state index in [-0.39, 0.29) is 0 Å². The van der Waals surface area contributed by atoms with Crippen LogP contribution in [0.15, 0.2) is 24.4 Å². The first-order valence-electron chi connectivity index (χ1n) is 5.98. The zero-order valence-corrected chi connectivity index (χ0v) is 11.2. The largest absolute Gasteiger partial charge is 0.495 e. The number of hydrogen-bond acceptors (Lipinski definition) is 3. The van der Waals surface area contributed by atoms with E-state index >= 15 is 0 Å². The number of ether oxygens (including phenoxy) is 2. The van der Waals surface area contributed by atoms with Crippen LogP contribution in [0.2, 0.25) is 0 Å². The first-order chi connectivity index (χ1) is 8.60. The Morgan fingerprint density at radius 2 is 1.89 bits per heavy atom. The van der Waals surface area contributed by atoms with E-state index in [0.29, 0.717) is 6.04 Å². The first-order valence-corrected chi connectivity index (χ1v) is 5.98. The summed E-state index contributed by atoms with van der Waals surface area (Å²) in [5.41, 5.74) is 1.74. The van der Waals surface area contributed by atoms with Gasteiger partial charge in [-0.2, -0.15) is 0 Å². The van der Waals surface area contributed by atoms with Gasteiger partial charge in [-0.05, 0) is 32.0 Å². The number of methoxy groups -OCH3 is 2. The summed E-state index contributed by atoms with van der Waals surface area (Å²) in [6.07, 6.45) is 1.09. The predicted molar refractivity (Wildman–Crippen MR) is 70.8 cm³/mol. The minimum Gasteiger partial charge on any atom is -0.495 e. The molecule has 0 aliphatic rings. The van der Waals surface area contributed by atoms with Gasteiger partial charge in [-0.3, -0.25) is 0 Å². The molecule has 2 rings (SSSR count). The second-order valence-corrected chi connectivity index (χ2v) is 4.52. The Morgan fingerprint density at radius 1 is 1.17 bits per heavy atom. The Labute approximate surface area is 107 Å². The van der Waals surface area contributed by atoms with E-state index < -0.39 is 6.29 Å². The van der Waals surface area contributed by atoms with Crippen LogP contribution in [0.4, 0.5) is 0 Å². The van der Waals surface area contributed by atoms with Gasteiger partial charge >= 0.3 is 0 Å². The van der Waals surface area contributed by atoms with Crippen molar-refractivity contribution in [3.05, 3.63) is 30.0 Å². The number of benzene rings is 1. The molecular weight excluding hydrogens is 230 g/mol. The average Bonchev–Trinajstić information content (AvgIpc) is 2.81. The smallest absolute Gasteiger partial charge is 0.181 e. The Balaban J connectivity index is 2.72. The number of aliphatic hydroxyl groups is 1. The van der Waals surface area contributed by atoms with Crippen LogP contribution in [0.5, 0.6) is 5.75 Å². The summed E-state index contributed by atoms with van der Waals surface area (Å²) in [5.74, 6) is 0.802. The van der Waals surface area contributed by atoms with Gasteiger partial charge in [-0.25, -0.2) is 0 Å². The van der Waals surface area contributed by atoms with Crippen LogP contribution in [0.3, 0.4) is 0 Å². The molecule has 1 aromatic heterocycles. The SMILES string of the molecule is COc1ccc(C(O)OC)c2ccn(C(C)C)c12. The topological polar surface area (TPSA) is 43.6 Å². The zero-order chi connectivity index (χ0) is 13.3. The highest BCUT2D eigenvalue weighted by molar-refractivity contribution is 5.89. The number of aliphatic hydroxyl groups excluding tert-OH is 1. The lowest BCUT2D eigenvalue weighted by molar-refractivity contribution is -0.0759. The third-order valence-electron chi connectivity index (χ3n) is 3.14. The number of rotatable bonds is 4. The second-order valence-electron chi connectivity index (χ2n) is 4.52. The van der Waals surface area contributed by atoms with Crippen molar-refractivity contribution in [2.24, 2.45) is 0 Å². The quantitative estimate of drug-likeness (QED) is 0.847. The van der Waals surface area contributed by atoms with Crippen LogP contribution in [0.25, 0.3) is 10.9 Å². The van der Waals surface area contributed by atoms with E-state index in [1.54, 1.807) is 7.11 Å². The molecule has 98 valence electrons. The molecule has 0 amide bonds. The zero-order valence-electron chi connectivity index (χ0n) is 11.2. The fourth-order valence-electron chi connectivity index (χ4n) is 2.21. The number of fused-ring (bicyclic) bond motifs is 1. The van der Waals surface area contributed by atoms with Gasteiger partial charge in [0, 0.05) is 30.3 Å². The molecule has 1 aromatic carbocycles. The summed E-state index contributed by atoms with van der Waals surface area (Å²) in [6.45, 7) is 4.22. The van der Waals surface area contributed by atoms with Crippen LogP contribution in [-0.2, 0) is 4.74 Å². The molecule has 1 atom stereocenters. The second kappa shape index (κ2) is 5.00. The fraction of sp³-hybridized carbons (Fsp3) is 0.429. The average molecular weight is 249 g/mol. The summed E-state index contributed by atoms with van der Waals surface area (Å²) < 4.78 is 12.5. The van der Waals surface area contributed by atoms with Crippen molar-refractivity contribution >= 4 is 10.9 Å². The highest BCUT2D eigenvalue weighted by Crippen LogP contribution is 2.34. The molecule has 0 bridgehead atoms. The van der Waals surface area contributed by atoms with Crippen LogP contribution in [0, 0.1) is 0 Å². The van der Waals surface area contributed by atoms with E-state index in [4.69, 9.17) is 9.47 Å². The van der Waals surface area contributed by atoms with Crippen LogP contribution >= 0.6 is 0 Å². The van der Waals surface area contributed by atoms with Crippen molar-refractivity contribution in [2.45, 2.75) is 26.2 Å². The summed E-state index contributed by atoms with van der Waals surface area (Å²) in [5, 5.41) is 10.8. The van der Waals surface area contributed by atoms with Gasteiger partial charge in [0.15, 0.2) is 6.29 Å². The Bertz CT molecular complexity index is 545. The Hall–Kier alpha value is -1.52. The Morgan fingerprint density at radius 3 is 2.44 bits per heavy atom. The highest BCUT2D eigenvalue weighted by Gasteiger charge is 2.17. The van der Waals surface area contributed by atoms with Gasteiger partial charge in [0.1, 0.15) is 5.75 Å². The van der Waals surface area contributed by atoms with Crippen LogP contribution < -0.4 is 4.74 Å². The minimum atomic E-state index is -0.915. The molecule has 4 heteroatoms. The van der Waals surface area contributed by atoms with Crippen molar-refractivity contribution in [2.75, 3.05) is 14.2 Å². The summed E-state index contributed by atoms with van der Waals surface area (Å²) in [7, 11) is 3.14. The maximum Gasteiger partial charge on any atom is 0.181 e. The lowest BCUT2D eigenvalue weighted by atomic mass is 10.1. The van der Waals surface area contributed by atoms with E-state index in [2.05, 4.69) is 18.4 Å². The molecule has 18 heavy (non-hydrogen) atoms. The lowest BCUT2D eigenvalue weighted by Crippen LogP contribution is -2.03. The van der Waals surface area contributed by atoms with Gasteiger partial charge < -0.3 is 19.1 Å². The standard InChI is InChI=1S/C14H19NO3/c1-9(2)15-8-7-10-11(14(16)18-4)5-6-12(17-3)13(10)15/h5-9,14,16H,1-4H3. The molecule has 1 heterocycles. The van der Waals surface area contributed by atoms with Crippen molar-refractivity contribution in [3.63, 3.8) is 0 Å². The van der Waals surface area contributed by atoms with Gasteiger partial charge in [0.2, 0.25) is 0 Å². The van der Waals surface area contributed by atoms with E-state index in [1.165, 1.54) is 7.11 Å². The molecule has 0 aliphatic heterocycles. The molecule has 0 saturated carbocycles. The minimum absolute atomic E-state index is 0.325. The Kier molecular flexibility index (Phi) is 3.59. The van der Waals surface area contributed by atoms with Crippen molar-refractivity contribution < 1.29 is 14.6 Å². The molecule has 2 aromatic rings.